The van der Waals surface area contributed by atoms with Gasteiger partial charge < -0.3 is 0 Å². The summed E-state index contributed by atoms with van der Waals surface area (Å²) in [5.74, 6) is -2.93. The molecule has 6 nitrogen and oxygen atoms in total. The van der Waals surface area contributed by atoms with Crippen LogP contribution in [0.5, 0.6) is 0 Å². The second-order valence-corrected chi connectivity index (χ2v) is 9.34. The van der Waals surface area contributed by atoms with E-state index in [1.165, 1.54) is 12.1 Å². The summed E-state index contributed by atoms with van der Waals surface area (Å²) in [6.45, 7) is 1.48. The van der Waals surface area contributed by atoms with Crippen molar-refractivity contribution in [3.05, 3.63) is 80.8 Å². The van der Waals surface area contributed by atoms with Gasteiger partial charge in [0.2, 0.25) is 0 Å². The maximum Gasteiger partial charge on any atom is 0.273 e. The molecule has 8 heteroatoms. The van der Waals surface area contributed by atoms with E-state index in [1.807, 2.05) is 13.0 Å². The van der Waals surface area contributed by atoms with Crippen molar-refractivity contribution in [2.24, 2.45) is 11.8 Å². The number of Topliss-reactive ketones (excluding diaryl/α,β-unsaturated/α-hetero) is 1. The van der Waals surface area contributed by atoms with Gasteiger partial charge >= 0.3 is 0 Å². The number of amides is 3. The van der Waals surface area contributed by atoms with Gasteiger partial charge in [-0.1, -0.05) is 51.3 Å². The van der Waals surface area contributed by atoms with Crippen LogP contribution in [0, 0.1) is 11.8 Å². The minimum absolute atomic E-state index is 0.225. The molecular weight excluding hydrogens is 496 g/mol. The van der Waals surface area contributed by atoms with E-state index < -0.39 is 36.1 Å². The lowest BCUT2D eigenvalue weighted by atomic mass is 9.82. The predicted molar refractivity (Wildman–Crippen MR) is 123 cm³/mol. The minimum Gasteiger partial charge on any atom is -0.292 e. The Balaban J connectivity index is 1.68. The first-order valence-electron chi connectivity index (χ1n) is 10.2. The molecule has 0 N–H and O–H groups in total. The van der Waals surface area contributed by atoms with Crippen molar-refractivity contribution in [2.75, 3.05) is 6.54 Å². The van der Waals surface area contributed by atoms with E-state index in [-0.39, 0.29) is 11.3 Å². The van der Waals surface area contributed by atoms with Gasteiger partial charge in [-0.25, -0.2) is 5.01 Å². The molecule has 0 radical (unpaired) electrons. The molecule has 2 atom stereocenters. The van der Waals surface area contributed by atoms with Crippen molar-refractivity contribution in [2.45, 2.75) is 19.8 Å². The summed E-state index contributed by atoms with van der Waals surface area (Å²) in [5.41, 5.74) is 1.63. The quantitative estimate of drug-likeness (QED) is 0.329. The summed E-state index contributed by atoms with van der Waals surface area (Å²) in [4.78, 5) is 52.8. The average molecular weight is 516 g/mol. The number of nitrogens with zero attached hydrogens (tertiary/aromatic N) is 2. The summed E-state index contributed by atoms with van der Waals surface area (Å²) in [6, 6.07) is 12.8. The Morgan fingerprint density at radius 1 is 1.00 bits per heavy atom. The monoisotopic (exact) mass is 514 g/mol. The number of rotatable bonds is 5. The van der Waals surface area contributed by atoms with Crippen LogP contribution in [-0.4, -0.2) is 40.1 Å². The number of benzene rings is 2. The number of ketones is 1. The first-order chi connectivity index (χ1) is 15.3. The molecule has 2 aromatic rings. The average Bonchev–Trinajstić information content (AvgIpc) is 3.02. The van der Waals surface area contributed by atoms with E-state index in [9.17, 15) is 19.2 Å². The zero-order valence-corrected chi connectivity index (χ0v) is 19.6. The number of allylic oxidation sites excluding steroid dienone is 2. The normalized spacial score (nSPS) is 20.1. The van der Waals surface area contributed by atoms with Crippen LogP contribution >= 0.6 is 27.5 Å². The summed E-state index contributed by atoms with van der Waals surface area (Å²) < 4.78 is 0.806. The van der Waals surface area contributed by atoms with Crippen LogP contribution in [-0.2, 0) is 9.59 Å². The Hall–Kier alpha value is -2.77. The van der Waals surface area contributed by atoms with E-state index in [1.54, 1.807) is 36.4 Å². The van der Waals surface area contributed by atoms with Crippen LogP contribution in [0.2, 0.25) is 5.02 Å². The Kier molecular flexibility index (Phi) is 6.31. The van der Waals surface area contributed by atoms with Gasteiger partial charge in [0.25, 0.3) is 17.7 Å². The topological polar surface area (TPSA) is 74.8 Å². The molecular formula is C24H20BrClN2O4. The van der Waals surface area contributed by atoms with Gasteiger partial charge in [-0.3, -0.25) is 19.2 Å². The fourth-order valence-electron chi connectivity index (χ4n) is 4.10. The molecule has 0 bridgehead atoms. The molecule has 1 aliphatic carbocycles. The third-order valence-electron chi connectivity index (χ3n) is 5.83. The summed E-state index contributed by atoms with van der Waals surface area (Å²) in [5, 5.41) is 2.31. The molecule has 1 heterocycles. The number of halogens is 2. The van der Waals surface area contributed by atoms with Gasteiger partial charge in [0.1, 0.15) is 6.54 Å². The smallest absolute Gasteiger partial charge is 0.273 e. The van der Waals surface area contributed by atoms with Crippen LogP contribution in [0.25, 0.3) is 0 Å². The molecule has 1 fully saturated rings. The third kappa shape index (κ3) is 4.27. The zero-order valence-electron chi connectivity index (χ0n) is 17.3. The number of fused-ring (bicyclic) bond motifs is 1. The fraction of sp³-hybridized carbons (Fsp3) is 0.250. The van der Waals surface area contributed by atoms with Gasteiger partial charge in [0.05, 0.1) is 11.8 Å². The fourth-order valence-corrected chi connectivity index (χ4v) is 4.49. The Morgan fingerprint density at radius 3 is 2.25 bits per heavy atom. The van der Waals surface area contributed by atoms with Crippen molar-refractivity contribution in [3.63, 3.8) is 0 Å². The lowest BCUT2D eigenvalue weighted by molar-refractivity contribution is -0.154. The van der Waals surface area contributed by atoms with Gasteiger partial charge in [0, 0.05) is 20.6 Å². The number of hydrazine groups is 1. The molecule has 4 rings (SSSR count). The van der Waals surface area contributed by atoms with Crippen molar-refractivity contribution < 1.29 is 19.2 Å². The van der Waals surface area contributed by atoms with Crippen molar-refractivity contribution in [3.8, 4) is 0 Å². The lowest BCUT2D eigenvalue weighted by Crippen LogP contribution is -2.52. The van der Waals surface area contributed by atoms with E-state index in [0.29, 0.717) is 23.4 Å². The molecule has 1 saturated heterocycles. The highest BCUT2D eigenvalue weighted by Gasteiger charge is 2.51. The second-order valence-electron chi connectivity index (χ2n) is 7.99. The van der Waals surface area contributed by atoms with Crippen LogP contribution in [0.15, 0.2) is 64.7 Å². The predicted octanol–water partition coefficient (Wildman–Crippen LogP) is 4.68. The highest BCUT2D eigenvalue weighted by atomic mass is 79.9. The van der Waals surface area contributed by atoms with Gasteiger partial charge in [-0.15, -0.1) is 0 Å². The lowest BCUT2D eigenvalue weighted by Gasteiger charge is -2.30. The molecule has 3 amide bonds. The third-order valence-corrected chi connectivity index (χ3v) is 6.61. The standard InChI is InChI=1S/C24H20BrClN2O4/c1-14-2-11-19-20(12-14)24(32)28(23(19)31)27(22(30)16-5-9-18(26)10-6-16)13-21(29)15-3-7-17(25)8-4-15/h2-10,19-20H,11-13H2,1H3/t19-,20+/m1/s1. The van der Waals surface area contributed by atoms with Crippen molar-refractivity contribution in [1.29, 1.82) is 0 Å². The molecule has 0 saturated carbocycles. The van der Waals surface area contributed by atoms with Gasteiger partial charge in [-0.05, 0) is 56.2 Å². The Labute approximate surface area is 198 Å². The Morgan fingerprint density at radius 2 is 1.59 bits per heavy atom. The first kappa shape index (κ1) is 22.4. The maximum absolute atomic E-state index is 13.4. The van der Waals surface area contributed by atoms with Gasteiger partial charge in [-0.2, -0.15) is 5.01 Å². The number of hydrogen-bond donors (Lipinski definition) is 0. The number of hydrogen-bond acceptors (Lipinski definition) is 4. The molecule has 2 aromatic carbocycles. The maximum atomic E-state index is 13.4. The van der Waals surface area contributed by atoms with E-state index in [4.69, 9.17) is 11.6 Å². The summed E-state index contributed by atoms with van der Waals surface area (Å²) in [6.07, 6.45) is 2.87. The zero-order chi connectivity index (χ0) is 23.0. The summed E-state index contributed by atoms with van der Waals surface area (Å²) >= 11 is 9.26. The van der Waals surface area contributed by atoms with Crippen LogP contribution in [0.1, 0.15) is 40.5 Å². The minimum atomic E-state index is -0.614. The summed E-state index contributed by atoms with van der Waals surface area (Å²) in [7, 11) is 0. The van der Waals surface area contributed by atoms with Crippen LogP contribution in [0.3, 0.4) is 0 Å². The highest BCUT2D eigenvalue weighted by molar-refractivity contribution is 9.10. The van der Waals surface area contributed by atoms with Crippen LogP contribution in [0.4, 0.5) is 0 Å². The van der Waals surface area contributed by atoms with E-state index in [2.05, 4.69) is 15.9 Å². The second kappa shape index (κ2) is 9.00. The largest absolute Gasteiger partial charge is 0.292 e. The molecule has 1 aliphatic heterocycles. The number of carbonyl (C=O) groups is 4. The number of imide groups is 1. The first-order valence-corrected chi connectivity index (χ1v) is 11.3. The van der Waals surface area contributed by atoms with E-state index in [0.717, 1.165) is 20.1 Å². The Bertz CT molecular complexity index is 1130. The highest BCUT2D eigenvalue weighted by Crippen LogP contribution is 2.38. The molecule has 0 spiro atoms. The van der Waals surface area contributed by atoms with E-state index >= 15 is 0 Å². The van der Waals surface area contributed by atoms with Crippen molar-refractivity contribution >= 4 is 51.0 Å². The number of carbonyl (C=O) groups excluding carboxylic acids is 4. The van der Waals surface area contributed by atoms with Crippen molar-refractivity contribution in [1.82, 2.24) is 10.0 Å². The molecule has 32 heavy (non-hydrogen) atoms. The molecule has 164 valence electrons. The molecule has 0 aromatic heterocycles. The van der Waals surface area contributed by atoms with Gasteiger partial charge in [0.15, 0.2) is 5.78 Å². The molecule has 0 unspecified atom stereocenters. The van der Waals surface area contributed by atoms with Crippen LogP contribution < -0.4 is 0 Å². The molecule has 2 aliphatic rings. The SMILES string of the molecule is CC1=CC[C@H]2C(=O)N(N(CC(=O)c3ccc(Br)cc3)C(=O)c3ccc(Cl)cc3)C(=O)[C@H]2C1.